The van der Waals surface area contributed by atoms with E-state index in [1.807, 2.05) is 17.0 Å². The lowest BCUT2D eigenvalue weighted by Gasteiger charge is -2.22. The largest absolute Gasteiger partial charge is 0.347 e. The first-order valence-electron chi connectivity index (χ1n) is 9.20. The summed E-state index contributed by atoms with van der Waals surface area (Å²) in [6.07, 6.45) is 8.66. The number of carbonyl (C=O) groups is 1. The van der Waals surface area contributed by atoms with E-state index in [4.69, 9.17) is 16.9 Å². The van der Waals surface area contributed by atoms with E-state index in [1.54, 1.807) is 24.5 Å². The van der Waals surface area contributed by atoms with Crippen LogP contribution in [0.1, 0.15) is 35.2 Å². The number of hydrogen-bond acceptors (Lipinski definition) is 5. The second-order valence-electron chi connectivity index (χ2n) is 7.23. The Labute approximate surface area is 168 Å². The van der Waals surface area contributed by atoms with Gasteiger partial charge in [-0.3, -0.25) is 9.78 Å². The minimum absolute atomic E-state index is 0.0199. The Kier molecular flexibility index (Phi) is 4.90. The highest BCUT2D eigenvalue weighted by molar-refractivity contribution is 6.34. The van der Waals surface area contributed by atoms with Gasteiger partial charge in [-0.1, -0.05) is 17.7 Å². The van der Waals surface area contributed by atoms with E-state index in [0.29, 0.717) is 17.0 Å². The lowest BCUT2D eigenvalue weighted by Crippen LogP contribution is -2.43. The summed E-state index contributed by atoms with van der Waals surface area (Å²) in [5, 5.41) is 21.5. The fourth-order valence-corrected chi connectivity index (χ4v) is 4.52. The molecule has 1 aromatic carbocycles. The number of rotatable bonds is 4. The molecule has 2 aromatic rings. The SMILES string of the molecule is N#CCc1cncc(-c2ccc(C(=O)N[C@@H]3C[C@@H]4CC[C@H]3N4C#N)c(Cl)c2)c1. The van der Waals surface area contributed by atoms with Crippen LogP contribution in [0.5, 0.6) is 0 Å². The number of fused-ring (bicyclic) bond motifs is 2. The number of benzene rings is 1. The summed E-state index contributed by atoms with van der Waals surface area (Å²) in [5.74, 6) is -0.219. The van der Waals surface area contributed by atoms with Gasteiger partial charge in [0.15, 0.2) is 6.19 Å². The number of nitriles is 2. The zero-order valence-corrected chi connectivity index (χ0v) is 15.9. The summed E-state index contributed by atoms with van der Waals surface area (Å²) < 4.78 is 0. The van der Waals surface area contributed by atoms with Crippen LogP contribution in [0.15, 0.2) is 36.7 Å². The van der Waals surface area contributed by atoms with Crippen molar-refractivity contribution in [1.29, 1.82) is 10.5 Å². The van der Waals surface area contributed by atoms with Gasteiger partial charge in [-0.15, -0.1) is 0 Å². The van der Waals surface area contributed by atoms with Crippen molar-refractivity contribution >= 4 is 17.5 Å². The van der Waals surface area contributed by atoms with Crippen LogP contribution in [0.3, 0.4) is 0 Å². The third kappa shape index (κ3) is 3.28. The molecule has 2 aliphatic rings. The van der Waals surface area contributed by atoms with Crippen LogP contribution < -0.4 is 5.32 Å². The van der Waals surface area contributed by atoms with Crippen LogP contribution in [-0.2, 0) is 6.42 Å². The van der Waals surface area contributed by atoms with Crippen molar-refractivity contribution in [3.63, 3.8) is 0 Å². The van der Waals surface area contributed by atoms with E-state index >= 15 is 0 Å². The van der Waals surface area contributed by atoms with Gasteiger partial charge < -0.3 is 10.2 Å². The molecule has 4 rings (SSSR count). The van der Waals surface area contributed by atoms with Crippen molar-refractivity contribution in [2.24, 2.45) is 0 Å². The quantitative estimate of drug-likeness (QED) is 0.807. The Balaban J connectivity index is 1.51. The molecule has 2 saturated heterocycles. The van der Waals surface area contributed by atoms with Crippen LogP contribution in [0.4, 0.5) is 0 Å². The van der Waals surface area contributed by atoms with Crippen molar-refractivity contribution in [2.45, 2.75) is 43.8 Å². The molecule has 0 spiro atoms. The van der Waals surface area contributed by atoms with Crippen LogP contribution in [0.2, 0.25) is 5.02 Å². The summed E-state index contributed by atoms with van der Waals surface area (Å²) >= 11 is 6.40. The average Bonchev–Trinajstić information content (AvgIpc) is 3.25. The van der Waals surface area contributed by atoms with E-state index in [-0.39, 0.29) is 24.0 Å². The van der Waals surface area contributed by atoms with Crippen LogP contribution in [0, 0.1) is 22.8 Å². The number of pyridine rings is 1. The zero-order chi connectivity index (χ0) is 19.7. The first-order chi connectivity index (χ1) is 13.6. The van der Waals surface area contributed by atoms with Gasteiger partial charge in [-0.25, -0.2) is 0 Å². The molecule has 0 unspecified atom stereocenters. The van der Waals surface area contributed by atoms with Gasteiger partial charge >= 0.3 is 0 Å². The van der Waals surface area contributed by atoms with Crippen molar-refractivity contribution in [3.05, 3.63) is 52.8 Å². The monoisotopic (exact) mass is 391 g/mol. The highest BCUT2D eigenvalue weighted by Crippen LogP contribution is 2.37. The minimum atomic E-state index is -0.219. The van der Waals surface area contributed by atoms with Gasteiger partial charge in [0, 0.05) is 24.0 Å². The maximum Gasteiger partial charge on any atom is 0.253 e. The van der Waals surface area contributed by atoms with Crippen LogP contribution >= 0.6 is 11.6 Å². The van der Waals surface area contributed by atoms with Gasteiger partial charge in [0.25, 0.3) is 5.91 Å². The number of aromatic nitrogens is 1. The Morgan fingerprint density at radius 3 is 2.82 bits per heavy atom. The molecule has 1 aromatic heterocycles. The number of nitrogens with one attached hydrogen (secondary N) is 1. The Morgan fingerprint density at radius 1 is 1.25 bits per heavy atom. The molecule has 2 bridgehead atoms. The van der Waals surface area contributed by atoms with Crippen molar-refractivity contribution in [3.8, 4) is 23.4 Å². The summed E-state index contributed by atoms with van der Waals surface area (Å²) in [6, 6.07) is 9.60. The number of nitrogens with zero attached hydrogens (tertiary/aromatic N) is 4. The smallest absolute Gasteiger partial charge is 0.253 e. The zero-order valence-electron chi connectivity index (χ0n) is 15.1. The van der Waals surface area contributed by atoms with E-state index in [1.165, 1.54) is 0 Å². The maximum atomic E-state index is 12.7. The second kappa shape index (κ2) is 7.50. The van der Waals surface area contributed by atoms with Gasteiger partial charge in [0.1, 0.15) is 0 Å². The molecule has 1 amide bonds. The lowest BCUT2D eigenvalue weighted by atomic mass is 9.95. The predicted molar refractivity (Wildman–Crippen MR) is 104 cm³/mol. The number of carbonyl (C=O) groups excluding carboxylic acids is 1. The molecule has 7 heteroatoms. The first-order valence-corrected chi connectivity index (χ1v) is 9.58. The molecular formula is C21H18ClN5O. The molecule has 0 saturated carbocycles. The Morgan fingerprint density at radius 2 is 2.11 bits per heavy atom. The third-order valence-corrected chi connectivity index (χ3v) is 5.91. The van der Waals surface area contributed by atoms with E-state index in [0.717, 1.165) is 36.0 Å². The molecule has 0 radical (unpaired) electrons. The summed E-state index contributed by atoms with van der Waals surface area (Å²) in [6.45, 7) is 0. The highest BCUT2D eigenvalue weighted by Gasteiger charge is 2.46. The third-order valence-electron chi connectivity index (χ3n) is 5.59. The molecule has 3 heterocycles. The van der Waals surface area contributed by atoms with Gasteiger partial charge in [-0.05, 0) is 48.6 Å². The molecule has 2 fully saturated rings. The molecule has 28 heavy (non-hydrogen) atoms. The maximum absolute atomic E-state index is 12.7. The summed E-state index contributed by atoms with van der Waals surface area (Å²) in [5.41, 5.74) is 2.93. The Hall–Kier alpha value is -3.09. The average molecular weight is 392 g/mol. The Bertz CT molecular complexity index is 1010. The van der Waals surface area contributed by atoms with Gasteiger partial charge in [0.2, 0.25) is 0 Å². The summed E-state index contributed by atoms with van der Waals surface area (Å²) in [4.78, 5) is 18.7. The van der Waals surface area contributed by atoms with Crippen molar-refractivity contribution in [1.82, 2.24) is 15.2 Å². The first kappa shape index (κ1) is 18.3. The van der Waals surface area contributed by atoms with Gasteiger partial charge in [0.05, 0.1) is 35.2 Å². The molecule has 2 aliphatic heterocycles. The van der Waals surface area contributed by atoms with Gasteiger partial charge in [-0.2, -0.15) is 10.5 Å². The van der Waals surface area contributed by atoms with E-state index in [9.17, 15) is 10.1 Å². The molecule has 0 aliphatic carbocycles. The standard InChI is InChI=1S/C21H18ClN5O/c22-18-8-14(15-7-13(5-6-23)10-25-11-15)1-3-17(18)21(28)26-19-9-16-2-4-20(19)27(16)12-24/h1,3,7-8,10-11,16,19-20H,2,4-5,9H2,(H,26,28)/t16-,19+,20+/m0/s1. The van der Waals surface area contributed by atoms with E-state index in [2.05, 4.69) is 22.6 Å². The molecule has 6 nitrogen and oxygen atoms in total. The fraction of sp³-hybridized carbons (Fsp3) is 0.333. The van der Waals surface area contributed by atoms with Crippen LogP contribution in [0.25, 0.3) is 11.1 Å². The topological polar surface area (TPSA) is 92.8 Å². The summed E-state index contributed by atoms with van der Waals surface area (Å²) in [7, 11) is 0. The fourth-order valence-electron chi connectivity index (χ4n) is 4.26. The highest BCUT2D eigenvalue weighted by atomic mass is 35.5. The number of halogens is 1. The molecule has 1 N–H and O–H groups in total. The molecular weight excluding hydrogens is 374 g/mol. The lowest BCUT2D eigenvalue weighted by molar-refractivity contribution is 0.0928. The minimum Gasteiger partial charge on any atom is -0.347 e. The van der Waals surface area contributed by atoms with Crippen molar-refractivity contribution < 1.29 is 4.79 Å². The van der Waals surface area contributed by atoms with E-state index < -0.39 is 0 Å². The number of amides is 1. The van der Waals surface area contributed by atoms with Crippen LogP contribution in [-0.4, -0.2) is 33.9 Å². The molecule has 3 atom stereocenters. The van der Waals surface area contributed by atoms with Crippen molar-refractivity contribution in [2.75, 3.05) is 0 Å². The number of hydrogen-bond donors (Lipinski definition) is 1. The predicted octanol–water partition coefficient (Wildman–Crippen LogP) is 3.28. The normalized spacial score (nSPS) is 22.5. The second-order valence-corrected chi connectivity index (χ2v) is 7.64. The molecule has 140 valence electrons.